The minimum atomic E-state index is -0.490. The third-order valence-corrected chi connectivity index (χ3v) is 10.7. The van der Waals surface area contributed by atoms with Gasteiger partial charge in [-0.15, -0.1) is 0 Å². The van der Waals surface area contributed by atoms with Crippen LogP contribution in [0.15, 0.2) is 61.3 Å². The van der Waals surface area contributed by atoms with Gasteiger partial charge >= 0.3 is 0 Å². The van der Waals surface area contributed by atoms with E-state index in [4.69, 9.17) is 10.1 Å². The predicted octanol–water partition coefficient (Wildman–Crippen LogP) is 6.47. The van der Waals surface area contributed by atoms with E-state index in [1.165, 1.54) is 0 Å². The van der Waals surface area contributed by atoms with Crippen molar-refractivity contribution < 1.29 is 9.18 Å². The standard InChI is InChI=1S/C41H46FN9O/c1-8-9-12-28-13-10-14-31(33(28)23-44)36-27(2)21-32-38(37(36)42)46-40(49-25-41(3,26-49)48(6)7)34-24-45-51(39(32)34)30-17-20-50(29(22-30)16-18-43)35(52)15-11-19-47(4)5/h8-15,21,24,29-30H,1,16-17,19-20,22,25-26H2,2-7H3/b12-9-,15-11+/t29-,30+/m1/s1. The molecule has 2 aliphatic heterocycles. The quantitative estimate of drug-likeness (QED) is 0.137. The summed E-state index contributed by atoms with van der Waals surface area (Å²) in [4.78, 5) is 26.4. The molecule has 0 spiro atoms. The number of carbonyl (C=O) groups is 1. The largest absolute Gasteiger partial charge is 0.352 e. The minimum absolute atomic E-state index is 0.0676. The van der Waals surface area contributed by atoms with Gasteiger partial charge in [-0.25, -0.2) is 9.37 Å². The number of allylic oxidation sites excluding steroid dienone is 2. The highest BCUT2D eigenvalue weighted by Crippen LogP contribution is 2.43. The highest BCUT2D eigenvalue weighted by molar-refractivity contribution is 6.10. The fraction of sp³-hybridized carbons (Fsp3) is 0.390. The Labute approximate surface area is 305 Å². The van der Waals surface area contributed by atoms with Crippen molar-refractivity contribution in [3.63, 3.8) is 0 Å². The van der Waals surface area contributed by atoms with E-state index in [1.54, 1.807) is 35.3 Å². The third-order valence-electron chi connectivity index (χ3n) is 10.7. The van der Waals surface area contributed by atoms with Gasteiger partial charge in [0.15, 0.2) is 5.82 Å². The van der Waals surface area contributed by atoms with Crippen LogP contribution in [0.4, 0.5) is 10.2 Å². The lowest BCUT2D eigenvalue weighted by atomic mass is 9.89. The Morgan fingerprint density at radius 2 is 1.96 bits per heavy atom. The summed E-state index contributed by atoms with van der Waals surface area (Å²) in [6.45, 7) is 10.3. The molecule has 0 aliphatic carbocycles. The molecule has 1 amide bonds. The Hall–Kier alpha value is -5.36. The molecule has 6 rings (SSSR count). The summed E-state index contributed by atoms with van der Waals surface area (Å²) in [6, 6.07) is 11.6. The summed E-state index contributed by atoms with van der Waals surface area (Å²) in [5.41, 5.74) is 3.49. The van der Waals surface area contributed by atoms with Crippen LogP contribution < -0.4 is 4.90 Å². The van der Waals surface area contributed by atoms with E-state index in [-0.39, 0.29) is 35.5 Å². The number of fused-ring (bicyclic) bond motifs is 3. The van der Waals surface area contributed by atoms with Crippen molar-refractivity contribution in [3.8, 4) is 23.3 Å². The predicted molar refractivity (Wildman–Crippen MR) is 205 cm³/mol. The van der Waals surface area contributed by atoms with Crippen molar-refractivity contribution in [1.82, 2.24) is 29.5 Å². The second-order valence-electron chi connectivity index (χ2n) is 14.7. The number of pyridine rings is 1. The zero-order chi connectivity index (χ0) is 37.3. The molecule has 2 aromatic heterocycles. The average molecular weight is 700 g/mol. The Kier molecular flexibility index (Phi) is 10.3. The van der Waals surface area contributed by atoms with Crippen molar-refractivity contribution in [2.45, 2.75) is 50.7 Å². The van der Waals surface area contributed by atoms with Crippen molar-refractivity contribution in [2.24, 2.45) is 0 Å². The summed E-state index contributed by atoms with van der Waals surface area (Å²) >= 11 is 0. The number of aryl methyl sites for hydroxylation is 1. The van der Waals surface area contributed by atoms with Crippen molar-refractivity contribution in [1.29, 1.82) is 10.5 Å². The van der Waals surface area contributed by atoms with Crippen LogP contribution in [0.25, 0.3) is 39.0 Å². The smallest absolute Gasteiger partial charge is 0.246 e. The van der Waals surface area contributed by atoms with Crippen LogP contribution in [0.1, 0.15) is 48.9 Å². The molecule has 2 aromatic carbocycles. The number of halogens is 1. The zero-order valence-corrected chi connectivity index (χ0v) is 30.9. The summed E-state index contributed by atoms with van der Waals surface area (Å²) in [6.07, 6.45) is 11.8. The highest BCUT2D eigenvalue weighted by Gasteiger charge is 2.42. The van der Waals surface area contributed by atoms with E-state index in [2.05, 4.69) is 49.5 Å². The first-order chi connectivity index (χ1) is 24.9. The highest BCUT2D eigenvalue weighted by atomic mass is 19.1. The van der Waals surface area contributed by atoms with E-state index in [0.29, 0.717) is 78.0 Å². The molecule has 11 heteroatoms. The molecule has 0 bridgehead atoms. The molecule has 4 aromatic rings. The lowest BCUT2D eigenvalue weighted by Gasteiger charge is -2.52. The van der Waals surface area contributed by atoms with E-state index in [1.807, 2.05) is 61.1 Å². The van der Waals surface area contributed by atoms with Gasteiger partial charge in [0.25, 0.3) is 0 Å². The minimum Gasteiger partial charge on any atom is -0.352 e. The number of likely N-dealkylation sites (N-methyl/N-ethyl adjacent to an activating group) is 2. The van der Waals surface area contributed by atoms with Crippen LogP contribution in [0.3, 0.4) is 0 Å². The fourth-order valence-electron chi connectivity index (χ4n) is 7.59. The molecule has 0 radical (unpaired) electrons. The number of carbonyl (C=O) groups excluding carboxylic acids is 1. The van der Waals surface area contributed by atoms with Crippen molar-refractivity contribution in [3.05, 3.63) is 83.9 Å². The summed E-state index contributed by atoms with van der Waals surface area (Å²) in [7, 11) is 8.01. The van der Waals surface area contributed by atoms with Crippen LogP contribution in [-0.2, 0) is 4.79 Å². The molecular weight excluding hydrogens is 654 g/mol. The maximum atomic E-state index is 17.3. The zero-order valence-electron chi connectivity index (χ0n) is 30.9. The lowest BCUT2D eigenvalue weighted by molar-refractivity contribution is -0.130. The van der Waals surface area contributed by atoms with Gasteiger partial charge in [0.05, 0.1) is 46.7 Å². The van der Waals surface area contributed by atoms with E-state index in [9.17, 15) is 15.3 Å². The van der Waals surface area contributed by atoms with Crippen LogP contribution in [-0.4, -0.2) is 101 Å². The number of hydrogen-bond acceptors (Lipinski definition) is 8. The second kappa shape index (κ2) is 14.7. The van der Waals surface area contributed by atoms with E-state index in [0.717, 1.165) is 10.9 Å². The van der Waals surface area contributed by atoms with Gasteiger partial charge in [-0.2, -0.15) is 15.6 Å². The maximum absolute atomic E-state index is 17.3. The Morgan fingerprint density at radius 1 is 1.19 bits per heavy atom. The first-order valence-electron chi connectivity index (χ1n) is 17.7. The van der Waals surface area contributed by atoms with Crippen molar-refractivity contribution >= 4 is 39.6 Å². The third kappa shape index (κ3) is 6.58. The van der Waals surface area contributed by atoms with Crippen LogP contribution in [0, 0.1) is 35.4 Å². The first kappa shape index (κ1) is 36.4. The van der Waals surface area contributed by atoms with Crippen molar-refractivity contribution in [2.75, 3.05) is 59.3 Å². The molecule has 0 N–H and O–H groups in total. The normalized spacial score (nSPS) is 18.8. The summed E-state index contributed by atoms with van der Waals surface area (Å²) in [5.74, 6) is 0.0724. The molecule has 0 saturated carbocycles. The number of rotatable bonds is 10. The first-order valence-corrected chi connectivity index (χ1v) is 17.7. The fourth-order valence-corrected chi connectivity index (χ4v) is 7.59. The van der Waals surface area contributed by atoms with Gasteiger partial charge in [-0.05, 0) is 72.1 Å². The number of nitriles is 2. The lowest BCUT2D eigenvalue weighted by Crippen LogP contribution is -2.67. The average Bonchev–Trinajstić information content (AvgIpc) is 3.55. The molecule has 52 heavy (non-hydrogen) atoms. The topological polar surface area (TPSA) is 108 Å². The molecule has 10 nitrogen and oxygen atoms in total. The number of piperidine rings is 1. The van der Waals surface area contributed by atoms with E-state index >= 15 is 4.39 Å². The number of benzene rings is 2. The Morgan fingerprint density at radius 3 is 2.63 bits per heavy atom. The maximum Gasteiger partial charge on any atom is 0.246 e. The van der Waals surface area contributed by atoms with Gasteiger partial charge < -0.3 is 19.6 Å². The number of amides is 1. The number of nitrogens with zero attached hydrogens (tertiary/aromatic N) is 9. The summed E-state index contributed by atoms with van der Waals surface area (Å²) in [5, 5.41) is 26.4. The van der Waals surface area contributed by atoms with Crippen LogP contribution >= 0.6 is 0 Å². The molecule has 0 unspecified atom stereocenters. The van der Waals surface area contributed by atoms with E-state index < -0.39 is 5.82 Å². The van der Waals surface area contributed by atoms with Gasteiger partial charge in [0.1, 0.15) is 17.4 Å². The molecule has 2 atom stereocenters. The molecule has 2 fully saturated rings. The SMILES string of the molecule is C=C/C=C\c1cccc(-c2c(C)cc3c(nc(N4CC(C)(N(C)C)C4)c4cnn([C@H]5CCN(C(=O)/C=C/CN(C)C)[C@H](CC#N)C5)c43)c2F)c1C#N. The molecule has 2 saturated heterocycles. The van der Waals surface area contributed by atoms with Gasteiger partial charge in [-0.3, -0.25) is 9.48 Å². The number of anilines is 1. The second-order valence-corrected chi connectivity index (χ2v) is 14.7. The van der Waals surface area contributed by atoms with Crippen LogP contribution in [0.5, 0.6) is 0 Å². The molecule has 4 heterocycles. The van der Waals surface area contributed by atoms with Gasteiger partial charge in [0, 0.05) is 54.8 Å². The van der Waals surface area contributed by atoms with Crippen LogP contribution in [0.2, 0.25) is 0 Å². The summed E-state index contributed by atoms with van der Waals surface area (Å²) < 4.78 is 19.2. The molecular formula is C41H46FN9O. The van der Waals surface area contributed by atoms with Gasteiger partial charge in [0.2, 0.25) is 5.91 Å². The number of aromatic nitrogens is 3. The molecule has 2 aliphatic rings. The van der Waals surface area contributed by atoms with Gasteiger partial charge in [-0.1, -0.05) is 49.1 Å². The number of likely N-dealkylation sites (tertiary alicyclic amines) is 1. The Bertz CT molecular complexity index is 2180. The molecule has 268 valence electrons. The number of hydrogen-bond donors (Lipinski definition) is 0. The monoisotopic (exact) mass is 699 g/mol. The Balaban J connectivity index is 1.50.